The molecule has 0 spiro atoms. The molecule has 5 N–H and O–H groups in total. The third-order valence-electron chi connectivity index (χ3n) is 1.00. The van der Waals surface area contributed by atoms with E-state index in [1.165, 1.54) is 0 Å². The molecule has 0 aromatic rings. The Kier molecular flexibility index (Phi) is 2.53. The molecule has 5 nitrogen and oxygen atoms in total. The number of aliphatic hydroxyl groups is 3. The first kappa shape index (κ1) is 9.09. The molecule has 10 heavy (non-hydrogen) atoms. The van der Waals surface area contributed by atoms with E-state index in [-0.39, 0.29) is 0 Å². The van der Waals surface area contributed by atoms with Crippen LogP contribution in [-0.4, -0.2) is 33.6 Å². The summed E-state index contributed by atoms with van der Waals surface area (Å²) in [6.07, 6.45) is 0. The maximum Gasteiger partial charge on any atom is 0.249 e. The third-order valence-corrected chi connectivity index (χ3v) is 1.00. The summed E-state index contributed by atoms with van der Waals surface area (Å²) in [5.41, 5.74) is 4.00. The van der Waals surface area contributed by atoms with E-state index in [0.29, 0.717) is 0 Å². The molecule has 0 fully saturated rings. The van der Waals surface area contributed by atoms with Crippen molar-refractivity contribution >= 4 is 5.91 Å². The first-order chi connectivity index (χ1) is 4.41. The molecule has 0 unspecified atom stereocenters. The van der Waals surface area contributed by atoms with Crippen molar-refractivity contribution in [3.05, 3.63) is 12.2 Å². The van der Waals surface area contributed by atoms with Crippen molar-refractivity contribution in [2.24, 2.45) is 5.73 Å². The van der Waals surface area contributed by atoms with Gasteiger partial charge in [0.05, 0.1) is 5.57 Å². The van der Waals surface area contributed by atoms with Gasteiger partial charge in [0.1, 0.15) is 6.61 Å². The fraction of sp³-hybridized carbons (Fsp3) is 0.400. The van der Waals surface area contributed by atoms with E-state index >= 15 is 0 Å². The number of amides is 1. The SMILES string of the molecule is C=C(C(N)=O)C(O)(O)CO. The second kappa shape index (κ2) is 2.78. The quantitative estimate of drug-likeness (QED) is 0.266. The van der Waals surface area contributed by atoms with E-state index in [0.717, 1.165) is 0 Å². The molecule has 0 aliphatic heterocycles. The Bertz CT molecular complexity index is 163. The average molecular weight is 147 g/mol. The predicted octanol–water partition coefficient (Wildman–Crippen LogP) is -2.30. The molecule has 0 atom stereocenters. The summed E-state index contributed by atoms with van der Waals surface area (Å²) in [5, 5.41) is 25.6. The fourth-order valence-electron chi connectivity index (χ4n) is 0.293. The van der Waals surface area contributed by atoms with Crippen molar-refractivity contribution in [1.82, 2.24) is 0 Å². The van der Waals surface area contributed by atoms with Crippen LogP contribution in [0.4, 0.5) is 0 Å². The first-order valence-electron chi connectivity index (χ1n) is 2.46. The minimum absolute atomic E-state index is 0.630. The zero-order chi connectivity index (χ0) is 8.36. The summed E-state index contributed by atoms with van der Waals surface area (Å²) in [7, 11) is 0. The summed E-state index contributed by atoms with van der Waals surface area (Å²) < 4.78 is 0. The zero-order valence-electron chi connectivity index (χ0n) is 5.24. The second-order valence-corrected chi connectivity index (χ2v) is 1.82. The Morgan fingerprint density at radius 3 is 2.10 bits per heavy atom. The molecule has 0 aromatic heterocycles. The smallest absolute Gasteiger partial charge is 0.249 e. The molecule has 0 radical (unpaired) electrons. The Morgan fingerprint density at radius 2 is 2.00 bits per heavy atom. The van der Waals surface area contributed by atoms with Crippen LogP contribution in [0.3, 0.4) is 0 Å². The van der Waals surface area contributed by atoms with Gasteiger partial charge in [-0.2, -0.15) is 0 Å². The molecule has 5 heteroatoms. The van der Waals surface area contributed by atoms with Crippen molar-refractivity contribution in [2.45, 2.75) is 5.79 Å². The summed E-state index contributed by atoms with van der Waals surface area (Å²) in [4.78, 5) is 10.2. The van der Waals surface area contributed by atoms with E-state index in [4.69, 9.17) is 15.3 Å². The van der Waals surface area contributed by atoms with Gasteiger partial charge in [-0.15, -0.1) is 0 Å². The van der Waals surface area contributed by atoms with E-state index in [9.17, 15) is 4.79 Å². The number of rotatable bonds is 3. The van der Waals surface area contributed by atoms with Crippen LogP contribution in [0.1, 0.15) is 0 Å². The standard InChI is InChI=1S/C5H9NO4/c1-3(4(6)8)5(9,10)2-7/h7,9-10H,1-2H2,(H2,6,8). The van der Waals surface area contributed by atoms with Crippen LogP contribution in [-0.2, 0) is 4.79 Å². The van der Waals surface area contributed by atoms with Crippen LogP contribution >= 0.6 is 0 Å². The van der Waals surface area contributed by atoms with Crippen molar-refractivity contribution in [1.29, 1.82) is 0 Å². The van der Waals surface area contributed by atoms with E-state index in [2.05, 4.69) is 12.3 Å². The molecule has 0 heterocycles. The molecular formula is C5H9NO4. The number of carbonyl (C=O) groups excluding carboxylic acids is 1. The molecule has 0 saturated carbocycles. The fourth-order valence-corrected chi connectivity index (χ4v) is 0.293. The van der Waals surface area contributed by atoms with Gasteiger partial charge < -0.3 is 21.1 Å². The highest BCUT2D eigenvalue weighted by atomic mass is 16.5. The van der Waals surface area contributed by atoms with Crippen molar-refractivity contribution in [3.8, 4) is 0 Å². The molecule has 0 rings (SSSR count). The lowest BCUT2D eigenvalue weighted by atomic mass is 10.1. The van der Waals surface area contributed by atoms with Gasteiger partial charge in [0.15, 0.2) is 0 Å². The predicted molar refractivity (Wildman–Crippen MR) is 32.6 cm³/mol. The monoisotopic (exact) mass is 147 g/mol. The van der Waals surface area contributed by atoms with Gasteiger partial charge in [0, 0.05) is 0 Å². The summed E-state index contributed by atoms with van der Waals surface area (Å²) in [6.45, 7) is 1.96. The van der Waals surface area contributed by atoms with Crippen molar-refractivity contribution in [2.75, 3.05) is 6.61 Å². The van der Waals surface area contributed by atoms with Crippen LogP contribution in [0.25, 0.3) is 0 Å². The van der Waals surface area contributed by atoms with Crippen LogP contribution in [0.2, 0.25) is 0 Å². The van der Waals surface area contributed by atoms with E-state index < -0.39 is 23.9 Å². The molecule has 1 amide bonds. The second-order valence-electron chi connectivity index (χ2n) is 1.82. The van der Waals surface area contributed by atoms with Gasteiger partial charge in [-0.05, 0) is 0 Å². The zero-order valence-corrected chi connectivity index (χ0v) is 5.24. The highest BCUT2D eigenvalue weighted by Crippen LogP contribution is 2.08. The Balaban J connectivity index is 4.33. The van der Waals surface area contributed by atoms with Crippen LogP contribution in [0, 0.1) is 0 Å². The number of nitrogens with two attached hydrogens (primary N) is 1. The lowest BCUT2D eigenvalue weighted by molar-refractivity contribution is -0.161. The van der Waals surface area contributed by atoms with Gasteiger partial charge >= 0.3 is 0 Å². The number of hydrogen-bond donors (Lipinski definition) is 4. The Hall–Kier alpha value is -0.910. The minimum Gasteiger partial charge on any atom is -0.390 e. The van der Waals surface area contributed by atoms with E-state index in [1.54, 1.807) is 0 Å². The van der Waals surface area contributed by atoms with Gasteiger partial charge in [0.25, 0.3) is 0 Å². The van der Waals surface area contributed by atoms with Gasteiger partial charge in [-0.3, -0.25) is 4.79 Å². The normalized spacial score (nSPS) is 11.1. The molecule has 0 saturated heterocycles. The van der Waals surface area contributed by atoms with Crippen LogP contribution < -0.4 is 5.73 Å². The molecule has 0 aliphatic rings. The topological polar surface area (TPSA) is 104 Å². The summed E-state index contributed by atoms with van der Waals surface area (Å²) in [6, 6.07) is 0. The lowest BCUT2D eigenvalue weighted by Crippen LogP contribution is -2.40. The first-order valence-corrected chi connectivity index (χ1v) is 2.46. The van der Waals surface area contributed by atoms with Gasteiger partial charge in [-0.25, -0.2) is 0 Å². The number of primary amides is 1. The maximum atomic E-state index is 10.2. The maximum absolute atomic E-state index is 10.2. The van der Waals surface area contributed by atoms with Gasteiger partial charge in [-0.1, -0.05) is 6.58 Å². The largest absolute Gasteiger partial charge is 0.390 e. The average Bonchev–Trinajstić information content (AvgIpc) is 1.86. The number of carbonyl (C=O) groups is 1. The lowest BCUT2D eigenvalue weighted by Gasteiger charge is -2.18. The Morgan fingerprint density at radius 1 is 1.60 bits per heavy atom. The van der Waals surface area contributed by atoms with Crippen LogP contribution in [0.5, 0.6) is 0 Å². The molecular weight excluding hydrogens is 138 g/mol. The summed E-state index contributed by atoms with van der Waals surface area (Å²) >= 11 is 0. The summed E-state index contributed by atoms with van der Waals surface area (Å²) in [5.74, 6) is -3.65. The minimum atomic E-state index is -2.59. The van der Waals surface area contributed by atoms with Crippen molar-refractivity contribution in [3.63, 3.8) is 0 Å². The van der Waals surface area contributed by atoms with E-state index in [1.807, 2.05) is 0 Å². The molecule has 0 aliphatic carbocycles. The number of hydrogen-bond acceptors (Lipinski definition) is 4. The Labute approximate surface area is 57.4 Å². The highest BCUT2D eigenvalue weighted by Gasteiger charge is 2.29. The molecule has 0 bridgehead atoms. The third kappa shape index (κ3) is 1.80. The highest BCUT2D eigenvalue weighted by molar-refractivity contribution is 5.92. The number of aliphatic hydroxyl groups excluding tert-OH is 1. The van der Waals surface area contributed by atoms with Crippen molar-refractivity contribution < 1.29 is 20.1 Å². The molecule has 58 valence electrons. The van der Waals surface area contributed by atoms with Gasteiger partial charge in [0.2, 0.25) is 11.7 Å². The molecule has 0 aromatic carbocycles. The van der Waals surface area contributed by atoms with Crippen LogP contribution in [0.15, 0.2) is 12.2 Å².